The van der Waals surface area contributed by atoms with E-state index < -0.39 is 5.97 Å². The minimum atomic E-state index is -0.764. The monoisotopic (exact) mass is 293 g/mol. The fourth-order valence-corrected chi connectivity index (χ4v) is 2.81. The van der Waals surface area contributed by atoms with Crippen molar-refractivity contribution in [3.05, 3.63) is 18.0 Å². The molecule has 0 unspecified atom stereocenters. The normalized spacial score (nSPS) is 16.4. The number of likely N-dealkylation sites (tertiary alicyclic amines) is 1. The van der Waals surface area contributed by atoms with Crippen LogP contribution in [0.25, 0.3) is 0 Å². The molecule has 0 aromatic carbocycles. The molecule has 6 nitrogen and oxygen atoms in total. The van der Waals surface area contributed by atoms with Gasteiger partial charge >= 0.3 is 5.97 Å². The van der Waals surface area contributed by atoms with Crippen LogP contribution in [0.2, 0.25) is 0 Å². The second-order valence-corrected chi connectivity index (χ2v) is 5.56. The molecule has 1 fully saturated rings. The number of aromatic nitrogens is 2. The smallest absolute Gasteiger partial charge is 0.306 e. The molecular weight excluding hydrogens is 270 g/mol. The molecular formula is C15H23N3O3. The Labute approximate surface area is 124 Å². The Hall–Kier alpha value is -1.85. The van der Waals surface area contributed by atoms with E-state index in [4.69, 9.17) is 5.11 Å². The Morgan fingerprint density at radius 2 is 1.95 bits per heavy atom. The van der Waals surface area contributed by atoms with Gasteiger partial charge in [-0.05, 0) is 31.7 Å². The predicted molar refractivity (Wildman–Crippen MR) is 78.1 cm³/mol. The van der Waals surface area contributed by atoms with E-state index in [0.717, 1.165) is 12.8 Å². The fraction of sp³-hybridized carbons (Fsp3) is 0.667. The highest BCUT2D eigenvalue weighted by molar-refractivity contribution is 5.92. The third-order valence-corrected chi connectivity index (χ3v) is 4.28. The van der Waals surface area contributed by atoms with Crippen LogP contribution in [0.3, 0.4) is 0 Å². The summed E-state index contributed by atoms with van der Waals surface area (Å²) in [6.07, 6.45) is 4.86. The summed E-state index contributed by atoms with van der Waals surface area (Å²) >= 11 is 0. The van der Waals surface area contributed by atoms with Gasteiger partial charge < -0.3 is 10.0 Å². The molecule has 2 heterocycles. The predicted octanol–water partition coefficient (Wildman–Crippen LogP) is 2.18. The number of aliphatic carboxylic acids is 1. The number of carboxylic acids is 1. The number of hydrogen-bond acceptors (Lipinski definition) is 3. The number of carbonyl (C=O) groups excluding carboxylic acids is 1. The maximum Gasteiger partial charge on any atom is 0.306 e. The van der Waals surface area contributed by atoms with Crippen LogP contribution in [-0.4, -0.2) is 44.8 Å². The molecule has 1 aliphatic heterocycles. The van der Waals surface area contributed by atoms with Crippen molar-refractivity contribution in [2.45, 2.75) is 45.6 Å². The number of carbonyl (C=O) groups is 2. The van der Waals surface area contributed by atoms with Crippen molar-refractivity contribution in [2.75, 3.05) is 13.1 Å². The number of carboxylic acid groups (broad SMARTS) is 1. The van der Waals surface area contributed by atoms with Crippen molar-refractivity contribution < 1.29 is 14.7 Å². The summed E-state index contributed by atoms with van der Waals surface area (Å²) in [5.41, 5.74) is 0.454. The first-order chi connectivity index (χ1) is 10.1. The summed E-state index contributed by atoms with van der Waals surface area (Å²) in [5, 5.41) is 13.4. The first kappa shape index (κ1) is 15.5. The maximum atomic E-state index is 12.4. The summed E-state index contributed by atoms with van der Waals surface area (Å²) in [6, 6.07) is 2.08. The Morgan fingerprint density at radius 3 is 2.48 bits per heavy atom. The molecule has 1 amide bonds. The first-order valence-electron chi connectivity index (χ1n) is 7.64. The molecule has 21 heavy (non-hydrogen) atoms. The molecule has 0 aliphatic carbocycles. The molecule has 0 spiro atoms. The van der Waals surface area contributed by atoms with E-state index in [2.05, 4.69) is 18.9 Å². The largest absolute Gasteiger partial charge is 0.481 e. The van der Waals surface area contributed by atoms with E-state index in [0.29, 0.717) is 37.7 Å². The Morgan fingerprint density at radius 1 is 1.33 bits per heavy atom. The van der Waals surface area contributed by atoms with Crippen LogP contribution in [0.5, 0.6) is 0 Å². The molecule has 1 aromatic heterocycles. The van der Waals surface area contributed by atoms with Gasteiger partial charge in [0.15, 0.2) is 0 Å². The average molecular weight is 293 g/mol. The third kappa shape index (κ3) is 3.43. The van der Waals surface area contributed by atoms with Crippen molar-refractivity contribution in [3.8, 4) is 0 Å². The van der Waals surface area contributed by atoms with E-state index in [9.17, 15) is 9.59 Å². The lowest BCUT2D eigenvalue weighted by atomic mass is 9.97. The molecule has 1 saturated heterocycles. The van der Waals surface area contributed by atoms with E-state index in [1.165, 1.54) is 0 Å². The summed E-state index contributed by atoms with van der Waals surface area (Å²) in [4.78, 5) is 25.0. The molecule has 6 heteroatoms. The number of piperidine rings is 1. The van der Waals surface area contributed by atoms with Crippen molar-refractivity contribution in [3.63, 3.8) is 0 Å². The zero-order valence-electron chi connectivity index (χ0n) is 12.7. The Balaban J connectivity index is 2.00. The van der Waals surface area contributed by atoms with E-state index in [-0.39, 0.29) is 11.8 Å². The summed E-state index contributed by atoms with van der Waals surface area (Å²) in [7, 11) is 0. The number of nitrogens with zero attached hydrogens (tertiary/aromatic N) is 3. The lowest BCUT2D eigenvalue weighted by Gasteiger charge is -2.29. The van der Waals surface area contributed by atoms with Crippen LogP contribution in [0.4, 0.5) is 0 Å². The molecule has 0 saturated carbocycles. The van der Waals surface area contributed by atoms with E-state index in [1.54, 1.807) is 11.0 Å². The quantitative estimate of drug-likeness (QED) is 0.903. The van der Waals surface area contributed by atoms with Gasteiger partial charge in [0.2, 0.25) is 0 Å². The van der Waals surface area contributed by atoms with Crippen LogP contribution >= 0.6 is 0 Å². The van der Waals surface area contributed by atoms with Crippen molar-refractivity contribution in [1.82, 2.24) is 14.7 Å². The van der Waals surface area contributed by atoms with Gasteiger partial charge in [-0.15, -0.1) is 0 Å². The van der Waals surface area contributed by atoms with E-state index in [1.807, 2.05) is 10.9 Å². The molecule has 0 atom stereocenters. The number of rotatable bonds is 5. The highest BCUT2D eigenvalue weighted by Gasteiger charge is 2.28. The highest BCUT2D eigenvalue weighted by atomic mass is 16.4. The van der Waals surface area contributed by atoms with Crippen LogP contribution in [0.15, 0.2) is 12.3 Å². The van der Waals surface area contributed by atoms with E-state index >= 15 is 0 Å². The van der Waals surface area contributed by atoms with Crippen LogP contribution in [-0.2, 0) is 4.79 Å². The highest BCUT2D eigenvalue weighted by Crippen LogP contribution is 2.20. The summed E-state index contributed by atoms with van der Waals surface area (Å²) < 4.78 is 1.86. The van der Waals surface area contributed by atoms with Crippen LogP contribution < -0.4 is 0 Å². The molecule has 1 aliphatic rings. The average Bonchev–Trinajstić information content (AvgIpc) is 2.97. The van der Waals surface area contributed by atoms with Gasteiger partial charge in [-0.3, -0.25) is 14.3 Å². The Bertz CT molecular complexity index is 500. The molecule has 116 valence electrons. The SMILES string of the molecule is CCC(CC)n1ccc(C(=O)N2CCC(C(=O)O)CC2)n1. The molecule has 2 rings (SSSR count). The second kappa shape index (κ2) is 6.74. The number of hydrogen-bond donors (Lipinski definition) is 1. The van der Waals surface area contributed by atoms with Gasteiger partial charge in [-0.2, -0.15) is 5.10 Å². The van der Waals surface area contributed by atoms with Crippen molar-refractivity contribution in [2.24, 2.45) is 5.92 Å². The first-order valence-corrected chi connectivity index (χ1v) is 7.64. The third-order valence-electron chi connectivity index (χ3n) is 4.28. The summed E-state index contributed by atoms with van der Waals surface area (Å²) in [6.45, 7) is 5.20. The van der Waals surface area contributed by atoms with Gasteiger partial charge in [0, 0.05) is 19.3 Å². The standard InChI is InChI=1S/C15H23N3O3/c1-3-12(4-2)18-10-7-13(16-18)14(19)17-8-5-11(6-9-17)15(20)21/h7,10-12H,3-6,8-9H2,1-2H3,(H,20,21). The number of amides is 1. The molecule has 0 radical (unpaired) electrons. The molecule has 1 N–H and O–H groups in total. The minimum absolute atomic E-state index is 0.0939. The zero-order valence-corrected chi connectivity index (χ0v) is 12.7. The Kier molecular flexibility index (Phi) is 4.98. The minimum Gasteiger partial charge on any atom is -0.481 e. The van der Waals surface area contributed by atoms with Crippen molar-refractivity contribution >= 4 is 11.9 Å². The lowest BCUT2D eigenvalue weighted by Crippen LogP contribution is -2.40. The van der Waals surface area contributed by atoms with Crippen LogP contribution in [0, 0.1) is 5.92 Å². The van der Waals surface area contributed by atoms with Gasteiger partial charge in [-0.1, -0.05) is 13.8 Å². The van der Waals surface area contributed by atoms with Gasteiger partial charge in [0.05, 0.1) is 12.0 Å². The topological polar surface area (TPSA) is 75.4 Å². The van der Waals surface area contributed by atoms with Gasteiger partial charge in [-0.25, -0.2) is 0 Å². The second-order valence-electron chi connectivity index (χ2n) is 5.56. The fourth-order valence-electron chi connectivity index (χ4n) is 2.81. The maximum absolute atomic E-state index is 12.4. The lowest BCUT2D eigenvalue weighted by molar-refractivity contribution is -0.143. The summed E-state index contributed by atoms with van der Waals surface area (Å²) in [5.74, 6) is -1.18. The molecule has 1 aromatic rings. The van der Waals surface area contributed by atoms with Crippen molar-refractivity contribution in [1.29, 1.82) is 0 Å². The zero-order chi connectivity index (χ0) is 15.4. The van der Waals surface area contributed by atoms with Crippen LogP contribution in [0.1, 0.15) is 56.1 Å². The van der Waals surface area contributed by atoms with Gasteiger partial charge in [0.25, 0.3) is 5.91 Å². The van der Waals surface area contributed by atoms with Gasteiger partial charge in [0.1, 0.15) is 5.69 Å². The molecule has 0 bridgehead atoms.